The van der Waals surface area contributed by atoms with Gasteiger partial charge in [-0.15, -0.1) is 0 Å². The summed E-state index contributed by atoms with van der Waals surface area (Å²) in [6.45, 7) is 12.9. The van der Waals surface area contributed by atoms with E-state index in [2.05, 4.69) is 18.2 Å². The van der Waals surface area contributed by atoms with Gasteiger partial charge in [0.05, 0.1) is 0 Å². The molecule has 0 radical (unpaired) electrons. The topological polar surface area (TPSA) is 65.0 Å². The monoisotopic (exact) mass is 444 g/mol. The number of rotatable bonds is 2. The van der Waals surface area contributed by atoms with E-state index in [1.54, 1.807) is 0 Å². The minimum absolute atomic E-state index is 0.149. The van der Waals surface area contributed by atoms with E-state index in [1.165, 1.54) is 29.5 Å². The molecule has 1 unspecified atom stereocenters. The Balaban J connectivity index is 1.62. The summed E-state index contributed by atoms with van der Waals surface area (Å²) >= 11 is -1.31. The van der Waals surface area contributed by atoms with Crippen LogP contribution in [-0.4, -0.2) is 44.7 Å². The standard InChI is InChI=1S/C25H36N2O3S/c1-23(2,3)30-22(28)27-13-11-25(12-14-27)16-19-10-9-18(17-7-8-17)15-20(19)21(25)26-31(29)24(4,5)6/h9-10,15,17H,7-8,11-14,16H2,1-6H3. The van der Waals surface area contributed by atoms with Crippen LogP contribution in [0.2, 0.25) is 0 Å². The quantitative estimate of drug-likeness (QED) is 0.575. The maximum absolute atomic E-state index is 13.1. The number of amides is 1. The molecule has 1 spiro atoms. The molecule has 1 aromatic carbocycles. The van der Waals surface area contributed by atoms with E-state index < -0.39 is 21.7 Å². The average molecular weight is 445 g/mol. The van der Waals surface area contributed by atoms with E-state index in [0.717, 1.165) is 25.0 Å². The second-order valence-corrected chi connectivity index (χ2v) is 13.3. The Hall–Kier alpha value is -1.53. The molecule has 1 atom stereocenters. The van der Waals surface area contributed by atoms with Gasteiger partial charge in [-0.1, -0.05) is 16.5 Å². The fraction of sp³-hybridized carbons (Fsp3) is 0.680. The average Bonchev–Trinajstić information content (AvgIpc) is 3.46. The fourth-order valence-corrected chi connectivity index (χ4v) is 5.33. The van der Waals surface area contributed by atoms with Crippen LogP contribution in [0.15, 0.2) is 22.6 Å². The van der Waals surface area contributed by atoms with E-state index in [9.17, 15) is 9.35 Å². The van der Waals surface area contributed by atoms with Crippen molar-refractivity contribution in [2.75, 3.05) is 13.1 Å². The third-order valence-corrected chi connectivity index (χ3v) is 7.94. The summed E-state index contributed by atoms with van der Waals surface area (Å²) in [6, 6.07) is 6.83. The zero-order valence-corrected chi connectivity index (χ0v) is 20.6. The molecule has 2 aliphatic carbocycles. The fourth-order valence-electron chi connectivity index (χ4n) is 4.60. The number of ether oxygens (including phenoxy) is 1. The van der Waals surface area contributed by atoms with Gasteiger partial charge in [0.25, 0.3) is 0 Å². The van der Waals surface area contributed by atoms with Crippen molar-refractivity contribution in [1.82, 2.24) is 4.90 Å². The molecule has 0 bridgehead atoms. The smallest absolute Gasteiger partial charge is 0.410 e. The van der Waals surface area contributed by atoms with E-state index in [-0.39, 0.29) is 11.5 Å². The Morgan fingerprint density at radius 3 is 2.35 bits per heavy atom. The molecule has 0 aromatic heterocycles. The summed E-state index contributed by atoms with van der Waals surface area (Å²) in [5.74, 6) is 0.672. The second-order valence-electron chi connectivity index (χ2n) is 11.4. The number of fused-ring (bicyclic) bond motifs is 1. The molecule has 6 heteroatoms. The number of carbonyl (C=O) groups is 1. The maximum atomic E-state index is 13.1. The Morgan fingerprint density at radius 1 is 1.16 bits per heavy atom. The lowest BCUT2D eigenvalue weighted by molar-refractivity contribution is 0.0159. The highest BCUT2D eigenvalue weighted by Gasteiger charge is 2.48. The van der Waals surface area contributed by atoms with Crippen molar-refractivity contribution < 1.29 is 14.1 Å². The summed E-state index contributed by atoms with van der Waals surface area (Å²) in [5.41, 5.74) is 4.24. The van der Waals surface area contributed by atoms with Crippen molar-refractivity contribution in [1.29, 1.82) is 0 Å². The third-order valence-electron chi connectivity index (χ3n) is 6.54. The van der Waals surface area contributed by atoms with Gasteiger partial charge in [-0.05, 0) is 96.8 Å². The predicted octanol–water partition coefficient (Wildman–Crippen LogP) is 5.39. The highest BCUT2D eigenvalue weighted by Crippen LogP contribution is 2.48. The lowest BCUT2D eigenvalue weighted by Gasteiger charge is -2.39. The number of likely N-dealkylation sites (tertiary alicyclic amines) is 1. The molecule has 1 heterocycles. The first-order valence-corrected chi connectivity index (χ1v) is 12.6. The van der Waals surface area contributed by atoms with Gasteiger partial charge in [0.15, 0.2) is 0 Å². The first-order chi connectivity index (χ1) is 14.4. The zero-order valence-electron chi connectivity index (χ0n) is 19.8. The number of piperidine rings is 1. The van der Waals surface area contributed by atoms with Gasteiger partial charge in [0.2, 0.25) is 0 Å². The zero-order chi connectivity index (χ0) is 22.6. The van der Waals surface area contributed by atoms with Crippen LogP contribution in [0.4, 0.5) is 4.79 Å². The molecular formula is C25H36N2O3S. The van der Waals surface area contributed by atoms with Crippen molar-refractivity contribution in [2.24, 2.45) is 9.81 Å². The van der Waals surface area contributed by atoms with Crippen LogP contribution in [0, 0.1) is 5.41 Å². The van der Waals surface area contributed by atoms with Crippen LogP contribution >= 0.6 is 0 Å². The minimum Gasteiger partial charge on any atom is -0.591 e. The molecule has 2 fully saturated rings. The summed E-state index contributed by atoms with van der Waals surface area (Å²) in [7, 11) is 0. The maximum Gasteiger partial charge on any atom is 0.410 e. The SMILES string of the molecule is CC(C)(C)OC(=O)N1CCC2(CC1)Cc1ccc(C3CC3)cc1C2=N[S+]([O-])C(C)(C)C. The van der Waals surface area contributed by atoms with Gasteiger partial charge in [-0.25, -0.2) is 4.79 Å². The van der Waals surface area contributed by atoms with E-state index in [4.69, 9.17) is 9.13 Å². The number of nitrogens with zero attached hydrogens (tertiary/aromatic N) is 2. The molecule has 1 aliphatic heterocycles. The Kier molecular flexibility index (Phi) is 5.70. The molecule has 1 aromatic rings. The Morgan fingerprint density at radius 2 is 1.81 bits per heavy atom. The van der Waals surface area contributed by atoms with Crippen LogP contribution in [-0.2, 0) is 22.5 Å². The molecule has 31 heavy (non-hydrogen) atoms. The number of hydrogen-bond acceptors (Lipinski definition) is 4. The summed E-state index contributed by atoms with van der Waals surface area (Å²) in [4.78, 5) is 14.4. The largest absolute Gasteiger partial charge is 0.591 e. The first kappa shape index (κ1) is 22.7. The van der Waals surface area contributed by atoms with E-state index in [0.29, 0.717) is 19.0 Å². The number of benzene rings is 1. The van der Waals surface area contributed by atoms with Crippen molar-refractivity contribution >= 4 is 23.2 Å². The molecular weight excluding hydrogens is 408 g/mol. The highest BCUT2D eigenvalue weighted by atomic mass is 32.2. The predicted molar refractivity (Wildman–Crippen MR) is 126 cm³/mol. The van der Waals surface area contributed by atoms with Gasteiger partial charge in [0, 0.05) is 24.1 Å². The molecule has 170 valence electrons. The molecule has 5 nitrogen and oxygen atoms in total. The van der Waals surface area contributed by atoms with Gasteiger partial charge in [0.1, 0.15) is 27.4 Å². The van der Waals surface area contributed by atoms with Crippen LogP contribution in [0.5, 0.6) is 0 Å². The summed E-state index contributed by atoms with van der Waals surface area (Å²) in [5, 5.41) is 0. The molecule has 0 N–H and O–H groups in total. The second kappa shape index (κ2) is 7.80. The van der Waals surface area contributed by atoms with Crippen molar-refractivity contribution in [3.05, 3.63) is 34.9 Å². The van der Waals surface area contributed by atoms with Crippen molar-refractivity contribution in [3.8, 4) is 0 Å². The first-order valence-electron chi connectivity index (χ1n) is 11.5. The third kappa shape index (κ3) is 4.80. The molecule has 1 saturated carbocycles. The normalized spacial score (nSPS) is 23.2. The van der Waals surface area contributed by atoms with Crippen LogP contribution in [0.25, 0.3) is 0 Å². The van der Waals surface area contributed by atoms with Crippen LogP contribution in [0.1, 0.15) is 89.8 Å². The number of hydrogen-bond donors (Lipinski definition) is 0. The van der Waals surface area contributed by atoms with Gasteiger partial charge in [-0.2, -0.15) is 0 Å². The van der Waals surface area contributed by atoms with Crippen LogP contribution < -0.4 is 0 Å². The van der Waals surface area contributed by atoms with Crippen molar-refractivity contribution in [2.45, 2.75) is 89.9 Å². The van der Waals surface area contributed by atoms with Gasteiger partial charge >= 0.3 is 6.09 Å². The summed E-state index contributed by atoms with van der Waals surface area (Å²) in [6.07, 6.45) is 4.82. The van der Waals surface area contributed by atoms with Crippen LogP contribution in [0.3, 0.4) is 0 Å². The summed E-state index contributed by atoms with van der Waals surface area (Å²) < 4.78 is 23.1. The lowest BCUT2D eigenvalue weighted by atomic mass is 9.74. The van der Waals surface area contributed by atoms with Crippen molar-refractivity contribution in [3.63, 3.8) is 0 Å². The number of carbonyl (C=O) groups excluding carboxylic acids is 1. The van der Waals surface area contributed by atoms with Gasteiger partial charge < -0.3 is 14.2 Å². The lowest BCUT2D eigenvalue weighted by Crippen LogP contribution is -2.47. The molecule has 4 rings (SSSR count). The van der Waals surface area contributed by atoms with E-state index in [1.807, 2.05) is 46.4 Å². The molecule has 1 saturated heterocycles. The highest BCUT2D eigenvalue weighted by molar-refractivity contribution is 7.91. The minimum atomic E-state index is -1.31. The molecule has 3 aliphatic rings. The Labute approximate surface area is 190 Å². The Bertz CT molecular complexity index is 885. The molecule has 1 amide bonds. The van der Waals surface area contributed by atoms with E-state index >= 15 is 0 Å². The van der Waals surface area contributed by atoms with Gasteiger partial charge in [-0.3, -0.25) is 0 Å².